The summed E-state index contributed by atoms with van der Waals surface area (Å²) in [5.74, 6) is 1.51. The van der Waals surface area contributed by atoms with Gasteiger partial charge in [-0.05, 0) is 30.3 Å². The number of carbonyl (C=O) groups is 1. The van der Waals surface area contributed by atoms with Crippen molar-refractivity contribution in [3.63, 3.8) is 0 Å². The summed E-state index contributed by atoms with van der Waals surface area (Å²) < 4.78 is 5.70. The third-order valence-corrected chi connectivity index (χ3v) is 3.84. The molecule has 0 spiro atoms. The second kappa shape index (κ2) is 4.96. The highest BCUT2D eigenvalue weighted by Crippen LogP contribution is 2.29. The van der Waals surface area contributed by atoms with Crippen molar-refractivity contribution >= 4 is 5.78 Å². The zero-order chi connectivity index (χ0) is 11.5. The maximum absolute atomic E-state index is 11.8. The molecule has 88 valence electrons. The molecule has 0 aromatic heterocycles. The van der Waals surface area contributed by atoms with Crippen LogP contribution in [0.3, 0.4) is 0 Å². The summed E-state index contributed by atoms with van der Waals surface area (Å²) in [6, 6.07) is 0. The van der Waals surface area contributed by atoms with Gasteiger partial charge >= 0.3 is 0 Å². The highest BCUT2D eigenvalue weighted by atomic mass is 16.5. The summed E-state index contributed by atoms with van der Waals surface area (Å²) >= 11 is 0. The molecule has 1 heterocycles. The number of Topliss-reactive ketones (excluding diaryl/α,β-unsaturated/α-hetero) is 1. The molecule has 16 heavy (non-hydrogen) atoms. The zero-order valence-corrected chi connectivity index (χ0v) is 10.1. The molecular weight excluding hydrogens is 200 g/mol. The van der Waals surface area contributed by atoms with Gasteiger partial charge in [0.2, 0.25) is 0 Å². The fourth-order valence-electron chi connectivity index (χ4n) is 2.38. The number of carbonyl (C=O) groups excluding carboxylic acids is 1. The topological polar surface area (TPSA) is 26.3 Å². The first kappa shape index (κ1) is 11.6. The smallest absolute Gasteiger partial charge is 0.159 e. The molecular formula is C14H20O2. The van der Waals surface area contributed by atoms with E-state index in [4.69, 9.17) is 4.74 Å². The number of ether oxygens (including phenoxy) is 1. The van der Waals surface area contributed by atoms with Crippen LogP contribution in [0.25, 0.3) is 0 Å². The average Bonchev–Trinajstić information content (AvgIpc) is 2.89. The molecule has 0 aromatic rings. The van der Waals surface area contributed by atoms with Crippen LogP contribution in [0.15, 0.2) is 23.8 Å². The van der Waals surface area contributed by atoms with E-state index in [0.717, 1.165) is 25.0 Å². The first-order valence-corrected chi connectivity index (χ1v) is 6.19. The van der Waals surface area contributed by atoms with Crippen LogP contribution < -0.4 is 0 Å². The van der Waals surface area contributed by atoms with E-state index in [1.165, 1.54) is 0 Å². The first-order valence-electron chi connectivity index (χ1n) is 6.19. The lowest BCUT2D eigenvalue weighted by atomic mass is 9.91. The lowest BCUT2D eigenvalue weighted by Gasteiger charge is -2.15. The van der Waals surface area contributed by atoms with Crippen LogP contribution >= 0.6 is 0 Å². The SMILES string of the molecule is C[C@@H]1C(CCC(=O)C2=CC=CC2)OC[C@@H]1C. The van der Waals surface area contributed by atoms with Gasteiger partial charge in [-0.1, -0.05) is 32.1 Å². The number of ketones is 1. The monoisotopic (exact) mass is 220 g/mol. The standard InChI is InChI=1S/C14H20O2/c1-10-9-16-14(11(10)2)8-7-13(15)12-5-3-4-6-12/h3-5,10-11,14H,6-9H2,1-2H3/t10-,11-,14?/m0/s1. The second-order valence-corrected chi connectivity index (χ2v) is 4.99. The Morgan fingerprint density at radius 2 is 2.31 bits per heavy atom. The largest absolute Gasteiger partial charge is 0.378 e. The molecule has 1 aliphatic heterocycles. The van der Waals surface area contributed by atoms with E-state index < -0.39 is 0 Å². The van der Waals surface area contributed by atoms with Crippen LogP contribution in [-0.2, 0) is 9.53 Å². The Morgan fingerprint density at radius 3 is 2.88 bits per heavy atom. The molecule has 0 amide bonds. The number of allylic oxidation sites excluding steroid dienone is 4. The Labute approximate surface area is 97.4 Å². The summed E-state index contributed by atoms with van der Waals surface area (Å²) in [7, 11) is 0. The van der Waals surface area contributed by atoms with Crippen LogP contribution in [0.4, 0.5) is 0 Å². The molecule has 0 bridgehead atoms. The molecule has 0 aromatic carbocycles. The lowest BCUT2D eigenvalue weighted by molar-refractivity contribution is -0.116. The zero-order valence-electron chi connectivity index (χ0n) is 10.1. The van der Waals surface area contributed by atoms with Gasteiger partial charge in [0.15, 0.2) is 5.78 Å². The maximum Gasteiger partial charge on any atom is 0.159 e. The van der Waals surface area contributed by atoms with Crippen molar-refractivity contribution in [3.8, 4) is 0 Å². The molecule has 1 fully saturated rings. The van der Waals surface area contributed by atoms with E-state index in [1.54, 1.807) is 0 Å². The minimum Gasteiger partial charge on any atom is -0.378 e. The van der Waals surface area contributed by atoms with Crippen molar-refractivity contribution in [2.24, 2.45) is 11.8 Å². The quantitative estimate of drug-likeness (QED) is 0.728. The summed E-state index contributed by atoms with van der Waals surface area (Å²) in [5, 5.41) is 0. The van der Waals surface area contributed by atoms with Crippen LogP contribution in [0.2, 0.25) is 0 Å². The van der Waals surface area contributed by atoms with Gasteiger partial charge < -0.3 is 4.74 Å². The third-order valence-electron chi connectivity index (χ3n) is 3.84. The fraction of sp³-hybridized carbons (Fsp3) is 0.643. The van der Waals surface area contributed by atoms with Gasteiger partial charge in [-0.2, -0.15) is 0 Å². The maximum atomic E-state index is 11.8. The van der Waals surface area contributed by atoms with Crippen molar-refractivity contribution in [2.45, 2.75) is 39.2 Å². The van der Waals surface area contributed by atoms with E-state index in [0.29, 0.717) is 24.0 Å². The highest BCUT2D eigenvalue weighted by molar-refractivity contribution is 5.96. The van der Waals surface area contributed by atoms with Crippen molar-refractivity contribution in [3.05, 3.63) is 23.8 Å². The van der Waals surface area contributed by atoms with Crippen molar-refractivity contribution in [1.82, 2.24) is 0 Å². The van der Waals surface area contributed by atoms with Crippen LogP contribution in [0, 0.1) is 11.8 Å². The van der Waals surface area contributed by atoms with Gasteiger partial charge in [0.1, 0.15) is 0 Å². The van der Waals surface area contributed by atoms with Gasteiger partial charge in [-0.25, -0.2) is 0 Å². The van der Waals surface area contributed by atoms with Crippen LogP contribution in [0.5, 0.6) is 0 Å². The normalized spacial score (nSPS) is 33.1. The Hall–Kier alpha value is -0.890. The van der Waals surface area contributed by atoms with Crippen molar-refractivity contribution < 1.29 is 9.53 Å². The first-order chi connectivity index (χ1) is 7.68. The van der Waals surface area contributed by atoms with E-state index in [1.807, 2.05) is 18.2 Å². The van der Waals surface area contributed by atoms with Crippen LogP contribution in [-0.4, -0.2) is 18.5 Å². The van der Waals surface area contributed by atoms with E-state index >= 15 is 0 Å². The molecule has 0 saturated carbocycles. The molecule has 1 unspecified atom stereocenters. The Balaban J connectivity index is 1.77. The predicted molar refractivity (Wildman–Crippen MR) is 64.1 cm³/mol. The minimum absolute atomic E-state index is 0.286. The van der Waals surface area contributed by atoms with Gasteiger partial charge in [0, 0.05) is 13.0 Å². The molecule has 3 atom stereocenters. The molecule has 0 N–H and O–H groups in total. The molecule has 2 heteroatoms. The summed E-state index contributed by atoms with van der Waals surface area (Å²) in [6.07, 6.45) is 8.54. The lowest BCUT2D eigenvalue weighted by Crippen LogP contribution is -2.17. The number of hydrogen-bond acceptors (Lipinski definition) is 2. The molecule has 0 radical (unpaired) electrons. The van der Waals surface area contributed by atoms with Gasteiger partial charge in [-0.3, -0.25) is 4.79 Å². The Morgan fingerprint density at radius 1 is 1.50 bits per heavy atom. The van der Waals surface area contributed by atoms with E-state index in [9.17, 15) is 4.79 Å². The summed E-state index contributed by atoms with van der Waals surface area (Å²) in [6.45, 7) is 5.30. The van der Waals surface area contributed by atoms with Gasteiger partial charge in [0.25, 0.3) is 0 Å². The summed E-state index contributed by atoms with van der Waals surface area (Å²) in [4.78, 5) is 11.8. The summed E-state index contributed by atoms with van der Waals surface area (Å²) in [5.41, 5.74) is 0.957. The van der Waals surface area contributed by atoms with Crippen molar-refractivity contribution in [2.75, 3.05) is 6.61 Å². The molecule has 1 saturated heterocycles. The predicted octanol–water partition coefficient (Wildman–Crippen LogP) is 2.89. The second-order valence-electron chi connectivity index (χ2n) is 4.99. The van der Waals surface area contributed by atoms with E-state index in [-0.39, 0.29) is 6.10 Å². The average molecular weight is 220 g/mol. The highest BCUT2D eigenvalue weighted by Gasteiger charge is 2.30. The van der Waals surface area contributed by atoms with Crippen molar-refractivity contribution in [1.29, 1.82) is 0 Å². The third kappa shape index (κ3) is 2.43. The Bertz CT molecular complexity index is 328. The fourth-order valence-corrected chi connectivity index (χ4v) is 2.38. The molecule has 2 nitrogen and oxygen atoms in total. The molecule has 1 aliphatic carbocycles. The number of hydrogen-bond donors (Lipinski definition) is 0. The molecule has 2 aliphatic rings. The Kier molecular flexibility index (Phi) is 3.59. The van der Waals surface area contributed by atoms with Crippen LogP contribution in [0.1, 0.15) is 33.1 Å². The van der Waals surface area contributed by atoms with Gasteiger partial charge in [0.05, 0.1) is 6.10 Å². The minimum atomic E-state index is 0.286. The van der Waals surface area contributed by atoms with E-state index in [2.05, 4.69) is 13.8 Å². The molecule has 2 rings (SSSR count). The van der Waals surface area contributed by atoms with Gasteiger partial charge in [-0.15, -0.1) is 0 Å². The number of rotatable bonds is 4.